The number of carboxylic acids is 1. The third-order valence-corrected chi connectivity index (χ3v) is 3.83. The van der Waals surface area contributed by atoms with Crippen LogP contribution in [0.2, 0.25) is 0 Å². The Morgan fingerprint density at radius 2 is 1.56 bits per heavy atom. The lowest BCUT2D eigenvalue weighted by molar-refractivity contribution is 0.0690. The molecule has 6 heteroatoms. The fourth-order valence-electron chi connectivity index (χ4n) is 2.37. The van der Waals surface area contributed by atoms with Gasteiger partial charge in [-0.05, 0) is 39.5 Å². The predicted molar refractivity (Wildman–Crippen MR) is 93.6 cm³/mol. The number of carbonyl (C=O) groups is 1. The van der Waals surface area contributed by atoms with E-state index in [4.69, 9.17) is 9.94 Å². The highest BCUT2D eigenvalue weighted by Gasteiger charge is 2.13. The normalized spacial score (nSPS) is 11.3. The fourth-order valence-corrected chi connectivity index (χ4v) is 2.37. The summed E-state index contributed by atoms with van der Waals surface area (Å²) in [4.78, 5) is 17.3. The zero-order valence-corrected chi connectivity index (χ0v) is 14.3. The van der Waals surface area contributed by atoms with E-state index in [1.807, 2.05) is 12.1 Å². The van der Waals surface area contributed by atoms with Crippen molar-refractivity contribution in [3.05, 3.63) is 66.0 Å². The number of carboxylic acid groups (broad SMARTS) is 1. The van der Waals surface area contributed by atoms with Gasteiger partial charge in [-0.25, -0.2) is 4.79 Å². The number of rotatable bonds is 4. The zero-order chi connectivity index (χ0) is 18.0. The highest BCUT2D eigenvalue weighted by atomic mass is 16.7. The first-order valence-electron chi connectivity index (χ1n) is 7.88. The molecular formula is C19H19N3O3. The lowest BCUT2D eigenvalue weighted by Gasteiger charge is -2.19. The predicted octanol–water partition coefficient (Wildman–Crippen LogP) is 3.78. The summed E-state index contributed by atoms with van der Waals surface area (Å²) in [6.07, 6.45) is 1.21. The summed E-state index contributed by atoms with van der Waals surface area (Å²) >= 11 is 0. The molecule has 0 fully saturated rings. The summed E-state index contributed by atoms with van der Waals surface area (Å²) in [5.74, 6) is -0.610. The van der Waals surface area contributed by atoms with Crippen molar-refractivity contribution in [3.63, 3.8) is 0 Å². The molecule has 6 nitrogen and oxygen atoms in total. The minimum Gasteiger partial charge on any atom is -0.476 e. The van der Waals surface area contributed by atoms with Crippen LogP contribution in [0.25, 0.3) is 11.1 Å². The van der Waals surface area contributed by atoms with Crippen molar-refractivity contribution >= 4 is 5.97 Å². The number of hydrogen-bond acceptors (Lipinski definition) is 4. The van der Waals surface area contributed by atoms with Gasteiger partial charge in [0.2, 0.25) is 0 Å². The first-order valence-corrected chi connectivity index (χ1v) is 7.88. The van der Waals surface area contributed by atoms with E-state index in [1.165, 1.54) is 11.8 Å². The van der Waals surface area contributed by atoms with Crippen molar-refractivity contribution in [2.75, 3.05) is 0 Å². The molecule has 1 aromatic heterocycles. The van der Waals surface area contributed by atoms with Crippen LogP contribution in [0.3, 0.4) is 0 Å². The number of aromatic carboxylic acids is 1. The van der Waals surface area contributed by atoms with Crippen molar-refractivity contribution in [2.45, 2.75) is 26.2 Å². The summed E-state index contributed by atoms with van der Waals surface area (Å²) < 4.78 is 0. The number of hydrogen-bond donors (Lipinski definition) is 1. The average molecular weight is 337 g/mol. The first kappa shape index (κ1) is 16.7. The molecule has 0 aliphatic heterocycles. The molecule has 0 aliphatic carbocycles. The lowest BCUT2D eigenvalue weighted by Crippen LogP contribution is -2.10. The van der Waals surface area contributed by atoms with E-state index < -0.39 is 5.97 Å². The molecular weight excluding hydrogens is 318 g/mol. The van der Waals surface area contributed by atoms with Gasteiger partial charge >= 0.3 is 5.97 Å². The van der Waals surface area contributed by atoms with E-state index in [0.29, 0.717) is 5.75 Å². The maximum atomic E-state index is 10.8. The largest absolute Gasteiger partial charge is 0.476 e. The molecule has 0 atom stereocenters. The minimum absolute atomic E-state index is 0.128. The Hall–Kier alpha value is -3.15. The smallest absolute Gasteiger partial charge is 0.358 e. The standard InChI is InChI=1S/C19H19N3O3/c1-19(2,3)15-8-4-13(5-9-15)14-6-10-16(11-7-14)25-22-12-17(18(23)24)20-21-22/h4-12H,1-3H3,(H,23,24). The van der Waals surface area contributed by atoms with Gasteiger partial charge < -0.3 is 9.94 Å². The van der Waals surface area contributed by atoms with Crippen LogP contribution in [0.15, 0.2) is 54.7 Å². The van der Waals surface area contributed by atoms with Gasteiger partial charge in [-0.1, -0.05) is 62.0 Å². The van der Waals surface area contributed by atoms with Crippen LogP contribution in [0.4, 0.5) is 0 Å². The third-order valence-electron chi connectivity index (χ3n) is 3.83. The molecule has 25 heavy (non-hydrogen) atoms. The van der Waals surface area contributed by atoms with Crippen molar-refractivity contribution in [3.8, 4) is 16.9 Å². The Balaban J connectivity index is 1.74. The van der Waals surface area contributed by atoms with Gasteiger partial charge in [0.1, 0.15) is 6.20 Å². The Labute approximate surface area is 145 Å². The Kier molecular flexibility index (Phi) is 4.27. The molecule has 3 rings (SSSR count). The number of aromatic nitrogens is 3. The van der Waals surface area contributed by atoms with Crippen molar-refractivity contribution < 1.29 is 14.7 Å². The SMILES string of the molecule is CC(C)(C)c1ccc(-c2ccc(On3cc(C(=O)O)nn3)cc2)cc1. The summed E-state index contributed by atoms with van der Waals surface area (Å²) in [5.41, 5.74) is 3.43. The van der Waals surface area contributed by atoms with Crippen LogP contribution in [-0.4, -0.2) is 26.2 Å². The van der Waals surface area contributed by atoms with E-state index in [2.05, 4.69) is 55.3 Å². The Morgan fingerprint density at radius 3 is 2.04 bits per heavy atom. The molecule has 0 amide bonds. The molecule has 0 unspecified atom stereocenters. The Bertz CT molecular complexity index is 876. The zero-order valence-electron chi connectivity index (χ0n) is 14.3. The first-order chi connectivity index (χ1) is 11.8. The third kappa shape index (κ3) is 3.85. The van der Waals surface area contributed by atoms with Gasteiger partial charge in [0, 0.05) is 0 Å². The van der Waals surface area contributed by atoms with E-state index in [0.717, 1.165) is 16.0 Å². The van der Waals surface area contributed by atoms with E-state index in [-0.39, 0.29) is 11.1 Å². The summed E-state index contributed by atoms with van der Waals surface area (Å²) in [6, 6.07) is 16.0. The Morgan fingerprint density at radius 1 is 1.00 bits per heavy atom. The van der Waals surface area contributed by atoms with Crippen LogP contribution in [-0.2, 0) is 5.41 Å². The van der Waals surface area contributed by atoms with Crippen LogP contribution in [0, 0.1) is 0 Å². The van der Waals surface area contributed by atoms with Crippen molar-refractivity contribution in [1.82, 2.24) is 15.2 Å². The molecule has 3 aromatic rings. The molecule has 0 saturated carbocycles. The van der Waals surface area contributed by atoms with E-state index in [9.17, 15) is 4.79 Å². The quantitative estimate of drug-likeness (QED) is 0.784. The highest BCUT2D eigenvalue weighted by molar-refractivity contribution is 5.84. The van der Waals surface area contributed by atoms with Gasteiger partial charge in [-0.2, -0.15) is 0 Å². The van der Waals surface area contributed by atoms with Crippen LogP contribution in [0.1, 0.15) is 36.8 Å². The maximum absolute atomic E-state index is 10.8. The van der Waals surface area contributed by atoms with Gasteiger partial charge in [0.05, 0.1) is 0 Å². The van der Waals surface area contributed by atoms with Gasteiger partial charge in [-0.15, -0.1) is 5.10 Å². The molecule has 128 valence electrons. The number of benzene rings is 2. The molecule has 2 aromatic carbocycles. The second kappa shape index (κ2) is 6.39. The molecule has 0 spiro atoms. The molecule has 0 saturated heterocycles. The summed E-state index contributed by atoms with van der Waals surface area (Å²) in [5, 5.41) is 15.9. The number of nitrogens with zero attached hydrogens (tertiary/aromatic N) is 3. The topological polar surface area (TPSA) is 77.2 Å². The van der Waals surface area contributed by atoms with Gasteiger partial charge in [0.15, 0.2) is 11.4 Å². The van der Waals surface area contributed by atoms with E-state index >= 15 is 0 Å². The van der Waals surface area contributed by atoms with Crippen LogP contribution < -0.4 is 4.84 Å². The minimum atomic E-state index is -1.15. The average Bonchev–Trinajstić information content (AvgIpc) is 3.04. The van der Waals surface area contributed by atoms with Crippen molar-refractivity contribution in [1.29, 1.82) is 0 Å². The maximum Gasteiger partial charge on any atom is 0.358 e. The second-order valence-electron chi connectivity index (χ2n) is 6.75. The lowest BCUT2D eigenvalue weighted by atomic mass is 9.86. The molecule has 1 N–H and O–H groups in total. The summed E-state index contributed by atoms with van der Waals surface area (Å²) in [7, 11) is 0. The molecule has 0 bridgehead atoms. The van der Waals surface area contributed by atoms with E-state index in [1.54, 1.807) is 12.1 Å². The van der Waals surface area contributed by atoms with Gasteiger partial charge in [-0.3, -0.25) is 0 Å². The second-order valence-corrected chi connectivity index (χ2v) is 6.75. The van der Waals surface area contributed by atoms with Crippen LogP contribution >= 0.6 is 0 Å². The van der Waals surface area contributed by atoms with Gasteiger partial charge in [0.25, 0.3) is 0 Å². The molecule has 0 aliphatic rings. The monoisotopic (exact) mass is 337 g/mol. The highest BCUT2D eigenvalue weighted by Crippen LogP contribution is 2.27. The molecule has 1 heterocycles. The van der Waals surface area contributed by atoms with Crippen LogP contribution in [0.5, 0.6) is 5.75 Å². The molecule has 0 radical (unpaired) electrons. The summed E-state index contributed by atoms with van der Waals surface area (Å²) in [6.45, 7) is 6.57. The van der Waals surface area contributed by atoms with Crippen molar-refractivity contribution in [2.24, 2.45) is 0 Å². The fraction of sp³-hybridized carbons (Fsp3) is 0.211.